The van der Waals surface area contributed by atoms with E-state index in [1.165, 1.54) is 5.56 Å². The second kappa shape index (κ2) is 7.64. The molecule has 1 aliphatic rings. The van der Waals surface area contributed by atoms with Crippen LogP contribution in [-0.4, -0.2) is 62.2 Å². The molecule has 1 fully saturated rings. The molecule has 3 rings (SSSR count). The van der Waals surface area contributed by atoms with E-state index in [1.54, 1.807) is 14.2 Å². The van der Waals surface area contributed by atoms with E-state index in [1.807, 2.05) is 30.5 Å². The van der Waals surface area contributed by atoms with Crippen molar-refractivity contribution in [1.82, 2.24) is 14.8 Å². The summed E-state index contributed by atoms with van der Waals surface area (Å²) in [5.74, 6) is 1.54. The summed E-state index contributed by atoms with van der Waals surface area (Å²) >= 11 is 0. The lowest BCUT2D eigenvalue weighted by molar-refractivity contribution is 0.148. The number of aromatic nitrogens is 1. The highest BCUT2D eigenvalue weighted by atomic mass is 16.5. The fourth-order valence-corrected chi connectivity index (χ4v) is 3.03. The lowest BCUT2D eigenvalue weighted by atomic mass is 10.1. The predicted molar refractivity (Wildman–Crippen MR) is 95.6 cm³/mol. The van der Waals surface area contributed by atoms with Crippen molar-refractivity contribution >= 4 is 0 Å². The second-order valence-electron chi connectivity index (χ2n) is 6.17. The molecular formula is C19H25N3O2. The minimum Gasteiger partial charge on any atom is -0.496 e. The minimum atomic E-state index is 0.772. The highest BCUT2D eigenvalue weighted by molar-refractivity contribution is 5.74. The first-order valence-corrected chi connectivity index (χ1v) is 8.28. The molecule has 1 aromatic heterocycles. The summed E-state index contributed by atoms with van der Waals surface area (Å²) in [7, 11) is 5.51. The molecule has 5 heteroatoms. The number of pyridine rings is 1. The fourth-order valence-electron chi connectivity index (χ4n) is 3.03. The number of piperazine rings is 1. The maximum atomic E-state index is 5.47. The van der Waals surface area contributed by atoms with Gasteiger partial charge in [-0.3, -0.25) is 9.88 Å². The van der Waals surface area contributed by atoms with Gasteiger partial charge in [-0.2, -0.15) is 0 Å². The normalized spacial score (nSPS) is 16.1. The van der Waals surface area contributed by atoms with Gasteiger partial charge in [-0.25, -0.2) is 0 Å². The Morgan fingerprint density at radius 1 is 0.958 bits per heavy atom. The molecule has 24 heavy (non-hydrogen) atoms. The molecule has 0 radical (unpaired) electrons. The van der Waals surface area contributed by atoms with Crippen LogP contribution in [0, 0.1) is 0 Å². The van der Waals surface area contributed by atoms with Gasteiger partial charge in [0.1, 0.15) is 11.5 Å². The van der Waals surface area contributed by atoms with Gasteiger partial charge in [-0.1, -0.05) is 12.1 Å². The van der Waals surface area contributed by atoms with Crippen LogP contribution in [0.2, 0.25) is 0 Å². The van der Waals surface area contributed by atoms with Gasteiger partial charge < -0.3 is 14.4 Å². The molecule has 2 aromatic rings. The van der Waals surface area contributed by atoms with Gasteiger partial charge in [0.05, 0.1) is 25.5 Å². The first-order valence-electron chi connectivity index (χ1n) is 8.28. The summed E-state index contributed by atoms with van der Waals surface area (Å²) in [5.41, 5.74) is 3.00. The predicted octanol–water partition coefficient (Wildman–Crippen LogP) is 2.51. The van der Waals surface area contributed by atoms with Crippen LogP contribution in [0.25, 0.3) is 11.3 Å². The maximum absolute atomic E-state index is 5.47. The highest BCUT2D eigenvalue weighted by Gasteiger charge is 2.16. The number of rotatable bonds is 5. The molecule has 128 valence electrons. The third kappa shape index (κ3) is 3.68. The van der Waals surface area contributed by atoms with Crippen LogP contribution >= 0.6 is 0 Å². The van der Waals surface area contributed by atoms with Crippen LogP contribution in [0.4, 0.5) is 0 Å². The zero-order valence-corrected chi connectivity index (χ0v) is 14.7. The number of ether oxygens (including phenoxy) is 2. The van der Waals surface area contributed by atoms with Gasteiger partial charge in [-0.15, -0.1) is 0 Å². The van der Waals surface area contributed by atoms with Crippen molar-refractivity contribution in [2.75, 3.05) is 47.4 Å². The maximum Gasteiger partial charge on any atom is 0.132 e. The Balaban J connectivity index is 1.78. The van der Waals surface area contributed by atoms with Crippen molar-refractivity contribution in [2.24, 2.45) is 0 Å². The van der Waals surface area contributed by atoms with E-state index in [0.29, 0.717) is 0 Å². The first-order chi connectivity index (χ1) is 11.7. The van der Waals surface area contributed by atoms with Crippen molar-refractivity contribution in [1.29, 1.82) is 0 Å². The summed E-state index contributed by atoms with van der Waals surface area (Å²) in [4.78, 5) is 9.49. The van der Waals surface area contributed by atoms with Crippen LogP contribution in [-0.2, 0) is 6.54 Å². The van der Waals surface area contributed by atoms with Crippen molar-refractivity contribution in [2.45, 2.75) is 6.54 Å². The molecule has 0 bridgehead atoms. The van der Waals surface area contributed by atoms with Gasteiger partial charge in [-0.05, 0) is 30.8 Å². The average molecular weight is 327 g/mol. The SMILES string of the molecule is COc1cccc(OC)c1-c1ccc(CN2CCN(C)CC2)cn1. The van der Waals surface area contributed by atoms with Crippen molar-refractivity contribution < 1.29 is 9.47 Å². The molecule has 0 spiro atoms. The van der Waals surface area contributed by atoms with E-state index in [-0.39, 0.29) is 0 Å². The van der Waals surface area contributed by atoms with E-state index >= 15 is 0 Å². The molecule has 0 amide bonds. The van der Waals surface area contributed by atoms with E-state index in [4.69, 9.17) is 9.47 Å². The molecule has 0 saturated carbocycles. The van der Waals surface area contributed by atoms with Gasteiger partial charge in [0, 0.05) is 38.9 Å². The summed E-state index contributed by atoms with van der Waals surface area (Å²) in [6.07, 6.45) is 1.96. The molecule has 0 aliphatic carbocycles. The van der Waals surface area contributed by atoms with Crippen LogP contribution < -0.4 is 9.47 Å². The Hall–Kier alpha value is -2.11. The van der Waals surface area contributed by atoms with Crippen molar-refractivity contribution in [3.63, 3.8) is 0 Å². The van der Waals surface area contributed by atoms with Crippen LogP contribution in [0.3, 0.4) is 0 Å². The standard InChI is InChI=1S/C19H25N3O2/c1-21-9-11-22(12-10-21)14-15-7-8-16(20-13-15)19-17(23-2)5-4-6-18(19)24-3/h4-8,13H,9-12,14H2,1-3H3. The molecule has 2 heterocycles. The number of methoxy groups -OCH3 is 2. The molecule has 5 nitrogen and oxygen atoms in total. The molecule has 1 saturated heterocycles. The quantitative estimate of drug-likeness (QED) is 0.844. The fraction of sp³-hybridized carbons (Fsp3) is 0.421. The van der Waals surface area contributed by atoms with Crippen LogP contribution in [0.5, 0.6) is 11.5 Å². The highest BCUT2D eigenvalue weighted by Crippen LogP contribution is 2.37. The van der Waals surface area contributed by atoms with Crippen molar-refractivity contribution in [3.8, 4) is 22.8 Å². The topological polar surface area (TPSA) is 37.8 Å². The van der Waals surface area contributed by atoms with E-state index in [2.05, 4.69) is 27.9 Å². The largest absolute Gasteiger partial charge is 0.496 e. The second-order valence-corrected chi connectivity index (χ2v) is 6.17. The smallest absolute Gasteiger partial charge is 0.132 e. The zero-order chi connectivity index (χ0) is 16.9. The van der Waals surface area contributed by atoms with E-state index < -0.39 is 0 Å². The summed E-state index contributed by atoms with van der Waals surface area (Å²) in [6.45, 7) is 5.43. The third-order valence-corrected chi connectivity index (χ3v) is 4.51. The molecule has 0 atom stereocenters. The summed E-state index contributed by atoms with van der Waals surface area (Å²) < 4.78 is 10.9. The Labute approximate surface area is 143 Å². The van der Waals surface area contributed by atoms with Gasteiger partial charge >= 0.3 is 0 Å². The monoisotopic (exact) mass is 327 g/mol. The average Bonchev–Trinajstić information content (AvgIpc) is 2.63. The van der Waals surface area contributed by atoms with E-state index in [0.717, 1.165) is 55.5 Å². The molecule has 0 N–H and O–H groups in total. The van der Waals surface area contributed by atoms with Crippen molar-refractivity contribution in [3.05, 3.63) is 42.1 Å². The Morgan fingerprint density at radius 2 is 1.62 bits per heavy atom. The number of hydrogen-bond donors (Lipinski definition) is 0. The van der Waals surface area contributed by atoms with Crippen LogP contribution in [0.15, 0.2) is 36.5 Å². The number of likely N-dealkylation sites (N-methyl/N-ethyl adjacent to an activating group) is 1. The summed E-state index contributed by atoms with van der Waals surface area (Å²) in [6, 6.07) is 9.97. The number of benzene rings is 1. The minimum absolute atomic E-state index is 0.772. The zero-order valence-electron chi connectivity index (χ0n) is 14.7. The van der Waals surface area contributed by atoms with Gasteiger partial charge in [0.15, 0.2) is 0 Å². The first kappa shape index (κ1) is 16.7. The molecule has 1 aliphatic heterocycles. The lowest BCUT2D eigenvalue weighted by Crippen LogP contribution is -2.43. The van der Waals surface area contributed by atoms with E-state index in [9.17, 15) is 0 Å². The number of nitrogens with zero attached hydrogens (tertiary/aromatic N) is 3. The number of hydrogen-bond acceptors (Lipinski definition) is 5. The molecule has 1 aromatic carbocycles. The molecule has 0 unspecified atom stereocenters. The third-order valence-electron chi connectivity index (χ3n) is 4.51. The van der Waals surface area contributed by atoms with Gasteiger partial charge in [0.2, 0.25) is 0 Å². The Bertz CT molecular complexity index is 643. The lowest BCUT2D eigenvalue weighted by Gasteiger charge is -2.32. The van der Waals surface area contributed by atoms with Gasteiger partial charge in [0.25, 0.3) is 0 Å². The molecular weight excluding hydrogens is 302 g/mol. The Morgan fingerprint density at radius 3 is 2.17 bits per heavy atom. The summed E-state index contributed by atoms with van der Waals surface area (Å²) in [5, 5.41) is 0. The van der Waals surface area contributed by atoms with Crippen LogP contribution in [0.1, 0.15) is 5.56 Å². The Kier molecular flexibility index (Phi) is 5.33.